The highest BCUT2D eigenvalue weighted by molar-refractivity contribution is 5.70. The van der Waals surface area contributed by atoms with Crippen LogP contribution in [-0.4, -0.2) is 36.4 Å². The van der Waals surface area contributed by atoms with E-state index < -0.39 is 6.10 Å². The minimum absolute atomic E-state index is 0.109. The van der Waals surface area contributed by atoms with Crippen LogP contribution in [0, 0.1) is 0 Å². The summed E-state index contributed by atoms with van der Waals surface area (Å²) in [5.74, 6) is -0.691. The van der Waals surface area contributed by atoms with Gasteiger partial charge in [-0.15, -0.1) is 0 Å². The third-order valence-electron chi connectivity index (χ3n) is 8.99. The molecule has 5 heteroatoms. The molecule has 0 aliphatic heterocycles. The Labute approximate surface area is 321 Å². The number of carbonyl (C=O) groups excluding carboxylic acids is 2. The molecule has 0 rings (SSSR count). The second-order valence-electron chi connectivity index (χ2n) is 14.1. The molecule has 0 amide bonds. The lowest BCUT2D eigenvalue weighted by Crippen LogP contribution is -2.28. The zero-order valence-corrected chi connectivity index (χ0v) is 33.8. The molecule has 0 aromatic heterocycles. The maximum absolute atomic E-state index is 12.2. The van der Waals surface area contributed by atoms with E-state index in [1.54, 1.807) is 0 Å². The van der Waals surface area contributed by atoms with Gasteiger partial charge >= 0.3 is 11.9 Å². The molecule has 52 heavy (non-hydrogen) atoms. The fourth-order valence-electron chi connectivity index (χ4n) is 5.71. The molecule has 298 valence electrons. The second-order valence-corrected chi connectivity index (χ2v) is 14.1. The normalized spacial score (nSPS) is 12.9. The first kappa shape index (κ1) is 49.3. The van der Waals surface area contributed by atoms with E-state index in [1.807, 2.05) is 12.2 Å². The van der Waals surface area contributed by atoms with Gasteiger partial charge < -0.3 is 14.6 Å². The molecule has 0 saturated heterocycles. The maximum atomic E-state index is 12.2. The Balaban J connectivity index is 3.67. The highest BCUT2D eigenvalue weighted by atomic mass is 16.6. The predicted octanol–water partition coefficient (Wildman–Crippen LogP) is 13.7. The minimum Gasteiger partial charge on any atom is -0.462 e. The van der Waals surface area contributed by atoms with Gasteiger partial charge in [0.15, 0.2) is 6.10 Å². The van der Waals surface area contributed by atoms with Crippen LogP contribution in [0.4, 0.5) is 0 Å². The molecule has 1 atom stereocenters. The third-order valence-corrected chi connectivity index (χ3v) is 8.99. The molecule has 0 aromatic carbocycles. The molecule has 1 N–H and O–H groups in total. The lowest BCUT2D eigenvalue weighted by Gasteiger charge is -2.15. The fourth-order valence-corrected chi connectivity index (χ4v) is 5.71. The van der Waals surface area contributed by atoms with Crippen molar-refractivity contribution < 1.29 is 24.2 Å². The van der Waals surface area contributed by atoms with Gasteiger partial charge in [-0.1, -0.05) is 177 Å². The van der Waals surface area contributed by atoms with Crippen molar-refractivity contribution in [3.63, 3.8) is 0 Å². The van der Waals surface area contributed by atoms with E-state index >= 15 is 0 Å². The Morgan fingerprint density at radius 2 is 0.808 bits per heavy atom. The lowest BCUT2D eigenvalue weighted by atomic mass is 10.1. The average molecular weight is 725 g/mol. The largest absolute Gasteiger partial charge is 0.462 e. The van der Waals surface area contributed by atoms with Gasteiger partial charge in [0, 0.05) is 12.8 Å². The van der Waals surface area contributed by atoms with Crippen LogP contribution in [0.2, 0.25) is 0 Å². The number of unbranched alkanes of at least 4 members (excludes halogenated alkanes) is 18. The number of rotatable bonds is 38. The fraction of sp³-hybridized carbons (Fsp3) is 0.702. The molecule has 0 radical (unpaired) electrons. The molecule has 0 bridgehead atoms. The van der Waals surface area contributed by atoms with Gasteiger partial charge in [0.1, 0.15) is 6.61 Å². The Bertz CT molecular complexity index is 957. The Morgan fingerprint density at radius 1 is 0.442 bits per heavy atom. The van der Waals surface area contributed by atoms with Crippen LogP contribution in [0.3, 0.4) is 0 Å². The van der Waals surface area contributed by atoms with Gasteiger partial charge in [0.25, 0.3) is 0 Å². The number of aliphatic hydroxyl groups excluding tert-OH is 1. The third kappa shape index (κ3) is 40.1. The number of hydrogen-bond acceptors (Lipinski definition) is 5. The number of ether oxygens (including phenoxy) is 2. The van der Waals surface area contributed by atoms with Crippen LogP contribution in [0.5, 0.6) is 0 Å². The zero-order chi connectivity index (χ0) is 37.8. The molecular formula is C47H80O5. The Hall–Kier alpha value is -2.66. The van der Waals surface area contributed by atoms with Gasteiger partial charge in [0.05, 0.1) is 6.61 Å². The summed E-state index contributed by atoms with van der Waals surface area (Å²) in [5, 5.41) is 9.57. The van der Waals surface area contributed by atoms with Crippen LogP contribution in [0.15, 0.2) is 72.9 Å². The smallest absolute Gasteiger partial charge is 0.306 e. The topological polar surface area (TPSA) is 72.8 Å². The second kappa shape index (κ2) is 42.8. The van der Waals surface area contributed by atoms with Crippen molar-refractivity contribution in [3.05, 3.63) is 72.9 Å². The molecule has 0 saturated carbocycles. The molecule has 0 spiro atoms. The zero-order valence-electron chi connectivity index (χ0n) is 33.8. The Kier molecular flexibility index (Phi) is 40.6. The van der Waals surface area contributed by atoms with E-state index in [1.165, 1.54) is 116 Å². The summed E-state index contributed by atoms with van der Waals surface area (Å²) in [6.45, 7) is 4.04. The minimum atomic E-state index is -0.805. The molecule has 5 nitrogen and oxygen atoms in total. The van der Waals surface area contributed by atoms with Gasteiger partial charge in [-0.05, 0) is 77.0 Å². The SMILES string of the molecule is CCCCC/C=C\C/C=C\C/C=C\C/C=C\C/C=C\CCC(=O)OC[C@H](CO)OC(=O)CCCCCCCCCCC/C=C\CCCCCCCC. The van der Waals surface area contributed by atoms with E-state index in [9.17, 15) is 14.7 Å². The van der Waals surface area contributed by atoms with E-state index in [2.05, 4.69) is 74.6 Å². The summed E-state index contributed by atoms with van der Waals surface area (Å²) < 4.78 is 10.6. The van der Waals surface area contributed by atoms with Crippen molar-refractivity contribution in [1.82, 2.24) is 0 Å². The van der Waals surface area contributed by atoms with Crippen molar-refractivity contribution in [2.45, 2.75) is 200 Å². The predicted molar refractivity (Wildman–Crippen MR) is 223 cm³/mol. The van der Waals surface area contributed by atoms with Crippen molar-refractivity contribution >= 4 is 11.9 Å². The number of carbonyl (C=O) groups is 2. The van der Waals surface area contributed by atoms with E-state index in [0.717, 1.165) is 44.9 Å². The summed E-state index contributed by atoms with van der Waals surface area (Å²) in [6.07, 6.45) is 56.9. The maximum Gasteiger partial charge on any atom is 0.306 e. The van der Waals surface area contributed by atoms with Gasteiger partial charge in [-0.25, -0.2) is 0 Å². The summed E-state index contributed by atoms with van der Waals surface area (Å²) in [5.41, 5.74) is 0. The molecule has 0 heterocycles. The summed E-state index contributed by atoms with van der Waals surface area (Å²) in [6, 6.07) is 0. The lowest BCUT2D eigenvalue weighted by molar-refractivity contribution is -0.161. The van der Waals surface area contributed by atoms with Gasteiger partial charge in [-0.2, -0.15) is 0 Å². The number of hydrogen-bond donors (Lipinski definition) is 1. The first-order chi connectivity index (χ1) is 25.6. The molecule has 0 aromatic rings. The summed E-state index contributed by atoms with van der Waals surface area (Å²) in [7, 11) is 0. The molecule has 0 fully saturated rings. The Morgan fingerprint density at radius 3 is 1.29 bits per heavy atom. The standard InChI is InChI=1S/C47H80O5/c1-3-5-7-9-11-13-15-17-19-21-23-25-27-29-31-33-35-37-39-41-46(49)51-44-45(43-48)52-47(50)42-40-38-36-34-32-30-28-26-24-22-20-18-16-14-12-10-8-6-4-2/h11,13,17-20,23,25,29,31,35,37,45,48H,3-10,12,14-16,21-22,24,26-28,30,32-34,36,38-44H2,1-2H3/b13-11-,19-17-,20-18-,25-23-,31-29-,37-35-/t45-/m0/s1. The summed E-state index contributed by atoms with van der Waals surface area (Å²) in [4.78, 5) is 24.3. The average Bonchev–Trinajstić information content (AvgIpc) is 3.15. The molecule has 0 unspecified atom stereocenters. The molecule has 0 aliphatic rings. The highest BCUT2D eigenvalue weighted by Crippen LogP contribution is 2.13. The van der Waals surface area contributed by atoms with Crippen LogP contribution >= 0.6 is 0 Å². The first-order valence-electron chi connectivity index (χ1n) is 21.5. The van der Waals surface area contributed by atoms with Crippen LogP contribution < -0.4 is 0 Å². The number of allylic oxidation sites excluding steroid dienone is 12. The van der Waals surface area contributed by atoms with E-state index in [0.29, 0.717) is 12.8 Å². The van der Waals surface area contributed by atoms with Crippen LogP contribution in [0.1, 0.15) is 194 Å². The van der Waals surface area contributed by atoms with Gasteiger partial charge in [0.2, 0.25) is 0 Å². The van der Waals surface area contributed by atoms with E-state index in [4.69, 9.17) is 9.47 Å². The van der Waals surface area contributed by atoms with Gasteiger partial charge in [-0.3, -0.25) is 9.59 Å². The molecule has 0 aliphatic carbocycles. The number of esters is 2. The van der Waals surface area contributed by atoms with E-state index in [-0.39, 0.29) is 31.6 Å². The van der Waals surface area contributed by atoms with Crippen LogP contribution in [-0.2, 0) is 19.1 Å². The summed E-state index contributed by atoms with van der Waals surface area (Å²) >= 11 is 0. The van der Waals surface area contributed by atoms with Crippen molar-refractivity contribution in [2.75, 3.05) is 13.2 Å². The first-order valence-corrected chi connectivity index (χ1v) is 21.5. The molecular weight excluding hydrogens is 645 g/mol. The van der Waals surface area contributed by atoms with Crippen molar-refractivity contribution in [3.8, 4) is 0 Å². The highest BCUT2D eigenvalue weighted by Gasteiger charge is 2.15. The monoisotopic (exact) mass is 725 g/mol. The van der Waals surface area contributed by atoms with Crippen molar-refractivity contribution in [1.29, 1.82) is 0 Å². The quantitative estimate of drug-likeness (QED) is 0.0390. The van der Waals surface area contributed by atoms with Crippen LogP contribution in [0.25, 0.3) is 0 Å². The van der Waals surface area contributed by atoms with Crippen molar-refractivity contribution in [2.24, 2.45) is 0 Å². The number of aliphatic hydroxyl groups is 1.